The van der Waals surface area contributed by atoms with Gasteiger partial charge in [-0.15, -0.1) is 11.3 Å². The summed E-state index contributed by atoms with van der Waals surface area (Å²) in [6, 6.07) is 3.03. The van der Waals surface area contributed by atoms with E-state index < -0.39 is 0 Å². The fraction of sp³-hybridized carbons (Fsp3) is 0.714. The van der Waals surface area contributed by atoms with Gasteiger partial charge in [-0.25, -0.2) is 0 Å². The molecule has 2 unspecified atom stereocenters. The lowest BCUT2D eigenvalue weighted by atomic mass is 9.93. The largest absolute Gasteiger partial charge is 0.310 e. The van der Waals surface area contributed by atoms with Gasteiger partial charge >= 0.3 is 0 Å². The zero-order chi connectivity index (χ0) is 12.5. The highest BCUT2D eigenvalue weighted by Gasteiger charge is 2.25. The number of rotatable bonds is 3. The molecular formula is C14H21IN2S. The molecule has 4 heteroatoms. The van der Waals surface area contributed by atoms with Crippen molar-refractivity contribution >= 4 is 33.9 Å². The summed E-state index contributed by atoms with van der Waals surface area (Å²) in [5.74, 6) is 0.859. The number of hydrogen-bond acceptors (Lipinski definition) is 3. The normalized spacial score (nSPS) is 28.6. The van der Waals surface area contributed by atoms with E-state index in [-0.39, 0.29) is 0 Å². The zero-order valence-electron chi connectivity index (χ0n) is 10.9. The van der Waals surface area contributed by atoms with Gasteiger partial charge in [-0.2, -0.15) is 0 Å². The van der Waals surface area contributed by atoms with Gasteiger partial charge in [0.15, 0.2) is 0 Å². The molecule has 18 heavy (non-hydrogen) atoms. The molecule has 0 aromatic carbocycles. The van der Waals surface area contributed by atoms with E-state index in [4.69, 9.17) is 0 Å². The Labute approximate surface area is 127 Å². The number of likely N-dealkylation sites (tertiary alicyclic amines) is 1. The summed E-state index contributed by atoms with van der Waals surface area (Å²) in [6.45, 7) is 3.74. The first-order valence-corrected chi connectivity index (χ1v) is 8.82. The molecule has 0 bridgehead atoms. The van der Waals surface area contributed by atoms with Crippen molar-refractivity contribution in [2.24, 2.45) is 5.92 Å². The molecule has 0 radical (unpaired) electrons. The Morgan fingerprint density at radius 2 is 2.39 bits per heavy atom. The van der Waals surface area contributed by atoms with E-state index in [1.807, 2.05) is 11.3 Å². The van der Waals surface area contributed by atoms with Crippen molar-refractivity contribution in [1.82, 2.24) is 10.2 Å². The van der Waals surface area contributed by atoms with Crippen molar-refractivity contribution in [3.8, 4) is 0 Å². The number of nitrogens with one attached hydrogen (secondary N) is 1. The minimum atomic E-state index is 0.624. The average Bonchev–Trinajstić information content (AvgIpc) is 2.91. The second kappa shape index (κ2) is 5.77. The maximum Gasteiger partial charge on any atom is 0.0659 e. The highest BCUT2D eigenvalue weighted by molar-refractivity contribution is 14.1. The van der Waals surface area contributed by atoms with Crippen LogP contribution in [-0.2, 0) is 6.42 Å². The van der Waals surface area contributed by atoms with Crippen LogP contribution in [0.2, 0.25) is 0 Å². The molecular weight excluding hydrogens is 355 g/mol. The Hall–Kier alpha value is 0.350. The van der Waals surface area contributed by atoms with Crippen LogP contribution in [0, 0.1) is 8.80 Å². The van der Waals surface area contributed by atoms with Gasteiger partial charge in [0.25, 0.3) is 0 Å². The van der Waals surface area contributed by atoms with Gasteiger partial charge in [-0.1, -0.05) is 0 Å². The molecule has 0 amide bonds. The first-order chi connectivity index (χ1) is 8.72. The standard InChI is InChI=1S/C14H21IN2S/c1-17-6-5-10(9-17)8-16-12-3-2-4-13-11(12)7-14(15)18-13/h7,10,12,16H,2-6,8-9H2,1H3. The van der Waals surface area contributed by atoms with Gasteiger partial charge in [0, 0.05) is 17.5 Å². The van der Waals surface area contributed by atoms with Crippen LogP contribution in [0.25, 0.3) is 0 Å². The Morgan fingerprint density at radius 3 is 3.17 bits per heavy atom. The molecule has 2 nitrogen and oxygen atoms in total. The summed E-state index contributed by atoms with van der Waals surface area (Å²) in [6.07, 6.45) is 5.34. The second-order valence-corrected chi connectivity index (χ2v) is 8.73. The van der Waals surface area contributed by atoms with Gasteiger partial charge in [0.2, 0.25) is 0 Å². The third-order valence-electron chi connectivity index (χ3n) is 4.23. The van der Waals surface area contributed by atoms with Crippen LogP contribution in [0.15, 0.2) is 6.07 Å². The quantitative estimate of drug-likeness (QED) is 0.815. The highest BCUT2D eigenvalue weighted by Crippen LogP contribution is 2.36. The fourth-order valence-electron chi connectivity index (χ4n) is 3.24. The number of fused-ring (bicyclic) bond motifs is 1. The van der Waals surface area contributed by atoms with Crippen molar-refractivity contribution in [2.75, 3.05) is 26.7 Å². The van der Waals surface area contributed by atoms with Gasteiger partial charge < -0.3 is 10.2 Å². The molecule has 1 aromatic rings. The molecule has 1 aromatic heterocycles. The molecule has 100 valence electrons. The summed E-state index contributed by atoms with van der Waals surface area (Å²) < 4.78 is 1.45. The minimum Gasteiger partial charge on any atom is -0.310 e. The second-order valence-electron chi connectivity index (χ2n) is 5.70. The summed E-state index contributed by atoms with van der Waals surface area (Å²) in [5, 5.41) is 3.83. The monoisotopic (exact) mass is 376 g/mol. The van der Waals surface area contributed by atoms with Crippen LogP contribution in [-0.4, -0.2) is 31.6 Å². The SMILES string of the molecule is CN1CCC(CNC2CCCc3sc(I)cc32)C1. The van der Waals surface area contributed by atoms with Crippen molar-refractivity contribution < 1.29 is 0 Å². The van der Waals surface area contributed by atoms with Crippen LogP contribution < -0.4 is 5.32 Å². The Bertz CT molecular complexity index is 418. The maximum absolute atomic E-state index is 3.83. The van der Waals surface area contributed by atoms with Crippen LogP contribution in [0.1, 0.15) is 35.7 Å². The number of hydrogen-bond donors (Lipinski definition) is 1. The predicted octanol–water partition coefficient (Wildman–Crippen LogP) is 3.27. The van der Waals surface area contributed by atoms with Gasteiger partial charge in [-0.3, -0.25) is 0 Å². The molecule has 0 spiro atoms. The van der Waals surface area contributed by atoms with Crippen LogP contribution in [0.3, 0.4) is 0 Å². The lowest BCUT2D eigenvalue weighted by Crippen LogP contribution is -2.30. The predicted molar refractivity (Wildman–Crippen MR) is 86.3 cm³/mol. The first kappa shape index (κ1) is 13.3. The summed E-state index contributed by atoms with van der Waals surface area (Å²) >= 11 is 4.45. The highest BCUT2D eigenvalue weighted by atomic mass is 127. The van der Waals surface area contributed by atoms with Crippen molar-refractivity contribution in [3.63, 3.8) is 0 Å². The third kappa shape index (κ3) is 2.92. The Balaban J connectivity index is 1.60. The minimum absolute atomic E-state index is 0.624. The average molecular weight is 376 g/mol. The van der Waals surface area contributed by atoms with E-state index in [0.29, 0.717) is 6.04 Å². The molecule has 3 rings (SSSR count). The lowest BCUT2D eigenvalue weighted by molar-refractivity contribution is 0.370. The molecule has 1 N–H and O–H groups in total. The van der Waals surface area contributed by atoms with E-state index >= 15 is 0 Å². The van der Waals surface area contributed by atoms with E-state index in [1.54, 1.807) is 10.4 Å². The van der Waals surface area contributed by atoms with Crippen molar-refractivity contribution in [1.29, 1.82) is 0 Å². The summed E-state index contributed by atoms with van der Waals surface area (Å²) in [4.78, 5) is 4.08. The molecule has 1 aliphatic carbocycles. The lowest BCUT2D eigenvalue weighted by Gasteiger charge is -2.25. The molecule has 2 atom stereocenters. The number of nitrogens with zero attached hydrogens (tertiary/aromatic N) is 1. The Morgan fingerprint density at radius 1 is 1.50 bits per heavy atom. The van der Waals surface area contributed by atoms with Gasteiger partial charge in [0.1, 0.15) is 0 Å². The Kier molecular flexibility index (Phi) is 4.28. The number of thiophene rings is 1. The summed E-state index contributed by atoms with van der Waals surface area (Å²) in [7, 11) is 2.24. The maximum atomic E-state index is 3.83. The first-order valence-electron chi connectivity index (χ1n) is 6.92. The van der Waals surface area contributed by atoms with Gasteiger partial charge in [-0.05, 0) is 86.0 Å². The van der Waals surface area contributed by atoms with E-state index in [2.05, 4.69) is 45.9 Å². The smallest absolute Gasteiger partial charge is 0.0659 e. The van der Waals surface area contributed by atoms with Gasteiger partial charge in [0.05, 0.1) is 2.88 Å². The van der Waals surface area contributed by atoms with E-state index in [1.165, 1.54) is 48.2 Å². The molecule has 0 saturated carbocycles. The zero-order valence-corrected chi connectivity index (χ0v) is 13.9. The van der Waals surface area contributed by atoms with Crippen molar-refractivity contribution in [3.05, 3.63) is 19.4 Å². The van der Waals surface area contributed by atoms with Crippen LogP contribution >= 0.6 is 33.9 Å². The van der Waals surface area contributed by atoms with Crippen molar-refractivity contribution in [2.45, 2.75) is 31.7 Å². The molecule has 1 fully saturated rings. The molecule has 1 saturated heterocycles. The molecule has 1 aliphatic heterocycles. The topological polar surface area (TPSA) is 15.3 Å². The van der Waals surface area contributed by atoms with E-state index in [0.717, 1.165) is 5.92 Å². The van der Waals surface area contributed by atoms with Crippen LogP contribution in [0.4, 0.5) is 0 Å². The number of aryl methyl sites for hydroxylation is 1. The number of halogens is 1. The molecule has 2 heterocycles. The molecule has 2 aliphatic rings. The summed E-state index contributed by atoms with van der Waals surface area (Å²) in [5.41, 5.74) is 1.60. The van der Waals surface area contributed by atoms with E-state index in [9.17, 15) is 0 Å². The fourth-order valence-corrected chi connectivity index (χ4v) is 5.35. The third-order valence-corrected chi connectivity index (χ3v) is 6.20. The van der Waals surface area contributed by atoms with Crippen LogP contribution in [0.5, 0.6) is 0 Å².